The molecule has 4 aromatic rings. The van der Waals surface area contributed by atoms with Gasteiger partial charge in [-0.25, -0.2) is 4.98 Å². The van der Waals surface area contributed by atoms with Crippen molar-refractivity contribution in [3.63, 3.8) is 0 Å². The van der Waals surface area contributed by atoms with Crippen LogP contribution in [0.1, 0.15) is 11.1 Å². The molecule has 0 aliphatic carbocycles. The van der Waals surface area contributed by atoms with Crippen molar-refractivity contribution in [1.29, 1.82) is 0 Å². The first-order valence-corrected chi connectivity index (χ1v) is 8.74. The molecule has 0 aliphatic rings. The Morgan fingerprint density at radius 1 is 0.923 bits per heavy atom. The van der Waals surface area contributed by atoms with Crippen molar-refractivity contribution < 1.29 is 0 Å². The van der Waals surface area contributed by atoms with E-state index in [2.05, 4.69) is 64.0 Å². The average molecular weight is 342 g/mol. The fourth-order valence-electron chi connectivity index (χ4n) is 3.35. The lowest BCUT2D eigenvalue weighted by molar-refractivity contribution is 0.820. The number of nitrogens with two attached hydrogens (primary N) is 1. The van der Waals surface area contributed by atoms with Crippen LogP contribution in [0.3, 0.4) is 0 Å². The summed E-state index contributed by atoms with van der Waals surface area (Å²) in [4.78, 5) is 6.66. The molecule has 130 valence electrons. The predicted molar refractivity (Wildman–Crippen MR) is 108 cm³/mol. The number of hydrogen-bond donors (Lipinski definition) is 1. The highest BCUT2D eigenvalue weighted by Gasteiger charge is 2.07. The number of rotatable bonds is 5. The number of nitrogens with zero attached hydrogens (tertiary/aromatic N) is 3. The van der Waals surface area contributed by atoms with E-state index >= 15 is 0 Å². The second-order valence-corrected chi connectivity index (χ2v) is 6.60. The number of fused-ring (bicyclic) bond motifs is 1. The number of hydrogen-bond acceptors (Lipinski definition) is 3. The summed E-state index contributed by atoms with van der Waals surface area (Å²) in [6.07, 6.45) is 1.91. The molecule has 0 fully saturated rings. The van der Waals surface area contributed by atoms with Crippen molar-refractivity contribution in [3.05, 3.63) is 90.3 Å². The summed E-state index contributed by atoms with van der Waals surface area (Å²) in [6, 6.07) is 24.9. The van der Waals surface area contributed by atoms with Crippen molar-refractivity contribution in [3.8, 4) is 0 Å². The maximum Gasteiger partial charge on any atom is 0.0961 e. The maximum atomic E-state index is 6.10. The van der Waals surface area contributed by atoms with Gasteiger partial charge in [-0.3, -0.25) is 0 Å². The van der Waals surface area contributed by atoms with Gasteiger partial charge in [0.2, 0.25) is 0 Å². The van der Waals surface area contributed by atoms with Crippen LogP contribution in [0, 0.1) is 0 Å². The summed E-state index contributed by atoms with van der Waals surface area (Å²) in [5.74, 6) is 0. The second kappa shape index (κ2) is 6.92. The second-order valence-electron chi connectivity index (χ2n) is 6.60. The summed E-state index contributed by atoms with van der Waals surface area (Å²) in [5, 5.41) is 0. The van der Waals surface area contributed by atoms with Crippen LogP contribution in [0.2, 0.25) is 0 Å². The van der Waals surface area contributed by atoms with Gasteiger partial charge in [-0.05, 0) is 35.4 Å². The highest BCUT2D eigenvalue weighted by molar-refractivity contribution is 5.75. The lowest BCUT2D eigenvalue weighted by Crippen LogP contribution is -2.17. The summed E-state index contributed by atoms with van der Waals surface area (Å²) in [7, 11) is 2.07. The van der Waals surface area contributed by atoms with Crippen molar-refractivity contribution in [1.82, 2.24) is 9.55 Å². The standard InChI is InChI=1S/C22H22N4/c1-25(21-11-4-2-9-19(21)23)14-17-7-6-8-18(13-17)15-26-16-24-20-10-3-5-12-22(20)26/h2-13,16H,14-15,23H2,1H3. The number of para-hydroxylation sites is 4. The van der Waals surface area contributed by atoms with E-state index < -0.39 is 0 Å². The van der Waals surface area contributed by atoms with Gasteiger partial charge in [0.15, 0.2) is 0 Å². The van der Waals surface area contributed by atoms with Gasteiger partial charge in [-0.2, -0.15) is 0 Å². The third-order valence-electron chi connectivity index (χ3n) is 4.64. The van der Waals surface area contributed by atoms with E-state index in [1.54, 1.807) is 0 Å². The zero-order chi connectivity index (χ0) is 17.9. The van der Waals surface area contributed by atoms with Gasteiger partial charge in [-0.1, -0.05) is 48.5 Å². The van der Waals surface area contributed by atoms with E-state index in [1.165, 1.54) is 11.1 Å². The maximum absolute atomic E-state index is 6.10. The molecule has 0 atom stereocenters. The van der Waals surface area contributed by atoms with Crippen molar-refractivity contribution >= 4 is 22.4 Å². The molecular formula is C22H22N4. The smallest absolute Gasteiger partial charge is 0.0961 e. The summed E-state index contributed by atoms with van der Waals surface area (Å²) in [6.45, 7) is 1.62. The molecule has 3 aromatic carbocycles. The van der Waals surface area contributed by atoms with Crippen LogP contribution in [0.5, 0.6) is 0 Å². The molecule has 4 heteroatoms. The van der Waals surface area contributed by atoms with Gasteiger partial charge in [0.1, 0.15) is 0 Å². The van der Waals surface area contributed by atoms with Gasteiger partial charge < -0.3 is 15.2 Å². The first kappa shape index (κ1) is 16.2. The Morgan fingerprint density at radius 2 is 1.69 bits per heavy atom. The molecule has 0 saturated carbocycles. The van der Waals surface area contributed by atoms with E-state index in [1.807, 2.05) is 36.7 Å². The van der Waals surface area contributed by atoms with Crippen LogP contribution in [0.4, 0.5) is 11.4 Å². The minimum absolute atomic E-state index is 0.802. The van der Waals surface area contributed by atoms with Crippen molar-refractivity contribution in [2.45, 2.75) is 13.1 Å². The van der Waals surface area contributed by atoms with Crippen LogP contribution in [0.15, 0.2) is 79.1 Å². The minimum Gasteiger partial charge on any atom is -0.397 e. The van der Waals surface area contributed by atoms with Crippen LogP contribution in [-0.2, 0) is 13.1 Å². The zero-order valence-corrected chi connectivity index (χ0v) is 14.8. The van der Waals surface area contributed by atoms with Crippen LogP contribution in [0.25, 0.3) is 11.0 Å². The van der Waals surface area contributed by atoms with E-state index in [9.17, 15) is 0 Å². The van der Waals surface area contributed by atoms with Crippen LogP contribution in [-0.4, -0.2) is 16.6 Å². The molecule has 26 heavy (non-hydrogen) atoms. The molecule has 4 rings (SSSR count). The molecule has 2 N–H and O–H groups in total. The minimum atomic E-state index is 0.802. The molecule has 0 bridgehead atoms. The zero-order valence-electron chi connectivity index (χ0n) is 14.8. The number of nitrogen functional groups attached to an aromatic ring is 1. The molecule has 0 unspecified atom stereocenters. The molecule has 0 aliphatic heterocycles. The topological polar surface area (TPSA) is 47.1 Å². The summed E-state index contributed by atoms with van der Waals surface area (Å²) < 4.78 is 2.19. The van der Waals surface area contributed by atoms with Crippen LogP contribution >= 0.6 is 0 Å². The number of aromatic nitrogens is 2. The predicted octanol–water partition coefficient (Wildman–Crippen LogP) is 4.30. The third kappa shape index (κ3) is 3.26. The highest BCUT2D eigenvalue weighted by atomic mass is 15.1. The Kier molecular flexibility index (Phi) is 4.32. The molecule has 0 spiro atoms. The molecule has 0 saturated heterocycles. The van der Waals surface area contributed by atoms with Gasteiger partial charge in [-0.15, -0.1) is 0 Å². The largest absolute Gasteiger partial charge is 0.397 e. The average Bonchev–Trinajstić information content (AvgIpc) is 3.05. The Hall–Kier alpha value is -3.27. The molecule has 0 amide bonds. The Bertz CT molecular complexity index is 1030. The number of imidazole rings is 1. The lowest BCUT2D eigenvalue weighted by Gasteiger charge is -2.21. The Morgan fingerprint density at radius 3 is 2.58 bits per heavy atom. The summed E-state index contributed by atoms with van der Waals surface area (Å²) >= 11 is 0. The van der Waals surface area contributed by atoms with Crippen LogP contribution < -0.4 is 10.6 Å². The Labute approximate surface area is 153 Å². The molecule has 1 heterocycles. The SMILES string of the molecule is CN(Cc1cccc(Cn2cnc3ccccc32)c1)c1ccccc1N. The fourth-order valence-corrected chi connectivity index (χ4v) is 3.35. The van der Waals surface area contributed by atoms with Gasteiger partial charge in [0, 0.05) is 20.1 Å². The first-order valence-electron chi connectivity index (χ1n) is 8.74. The Balaban J connectivity index is 1.54. The molecular weight excluding hydrogens is 320 g/mol. The van der Waals surface area contributed by atoms with Gasteiger partial charge in [0.05, 0.1) is 28.7 Å². The first-order chi connectivity index (χ1) is 12.7. The van der Waals surface area contributed by atoms with E-state index in [0.717, 1.165) is 35.5 Å². The van der Waals surface area contributed by atoms with E-state index in [4.69, 9.17) is 5.73 Å². The normalized spacial score (nSPS) is 11.0. The van der Waals surface area contributed by atoms with Crippen molar-refractivity contribution in [2.75, 3.05) is 17.7 Å². The number of benzene rings is 3. The lowest BCUT2D eigenvalue weighted by atomic mass is 10.1. The van der Waals surface area contributed by atoms with Gasteiger partial charge in [0.25, 0.3) is 0 Å². The fraction of sp³-hybridized carbons (Fsp3) is 0.136. The summed E-state index contributed by atoms with van der Waals surface area (Å²) in [5.41, 5.74) is 12.7. The van der Waals surface area contributed by atoms with Gasteiger partial charge >= 0.3 is 0 Å². The molecule has 0 radical (unpaired) electrons. The van der Waals surface area contributed by atoms with E-state index in [0.29, 0.717) is 0 Å². The van der Waals surface area contributed by atoms with Crippen molar-refractivity contribution in [2.24, 2.45) is 0 Å². The quantitative estimate of drug-likeness (QED) is 0.550. The number of anilines is 2. The highest BCUT2D eigenvalue weighted by Crippen LogP contribution is 2.23. The molecule has 1 aromatic heterocycles. The monoisotopic (exact) mass is 342 g/mol. The molecule has 4 nitrogen and oxygen atoms in total. The third-order valence-corrected chi connectivity index (χ3v) is 4.64. The van der Waals surface area contributed by atoms with E-state index in [-0.39, 0.29) is 0 Å².